The summed E-state index contributed by atoms with van der Waals surface area (Å²) in [5, 5.41) is 10.5. The molecule has 0 spiro atoms. The molecule has 39 heavy (non-hydrogen) atoms. The van der Waals surface area contributed by atoms with Crippen LogP contribution >= 0.6 is 0 Å². The van der Waals surface area contributed by atoms with Crippen LogP contribution in [-0.2, 0) is 9.59 Å². The van der Waals surface area contributed by atoms with Crippen molar-refractivity contribution in [3.63, 3.8) is 0 Å². The van der Waals surface area contributed by atoms with E-state index in [1.807, 2.05) is 42.5 Å². The van der Waals surface area contributed by atoms with Gasteiger partial charge in [0.2, 0.25) is 12.7 Å². The standard InChI is InChI=1S/C31H40N2O6/c1-3-4-16-33(23-8-6-5-7-9-23)28(34)19-32-18-25(22-12-15-26-27(17-22)39-20-38-26)29(31(35)36)30(32)21-10-13-24(37-2)14-11-21/h10-15,17,23,25,29-30H,3-9,16,18-20H2,1-2H3,(H,35,36)/t25-,29+,30-/m1/s1. The summed E-state index contributed by atoms with van der Waals surface area (Å²) in [5.74, 6) is 0.201. The normalized spacial score (nSPS) is 23.1. The lowest BCUT2D eigenvalue weighted by Crippen LogP contribution is -2.47. The molecule has 3 atom stereocenters. The molecule has 8 heteroatoms. The average Bonchev–Trinajstić information content (AvgIpc) is 3.58. The second kappa shape index (κ2) is 12.3. The predicted octanol–water partition coefficient (Wildman–Crippen LogP) is 5.23. The quantitative estimate of drug-likeness (QED) is 0.445. The van der Waals surface area contributed by atoms with E-state index in [1.165, 1.54) is 6.42 Å². The molecule has 1 amide bonds. The van der Waals surface area contributed by atoms with Crippen molar-refractivity contribution in [2.45, 2.75) is 69.9 Å². The molecule has 8 nitrogen and oxygen atoms in total. The molecule has 1 aliphatic carbocycles. The van der Waals surface area contributed by atoms with Gasteiger partial charge in [0.15, 0.2) is 11.5 Å². The highest BCUT2D eigenvalue weighted by molar-refractivity contribution is 5.79. The van der Waals surface area contributed by atoms with Gasteiger partial charge in [0.05, 0.1) is 19.6 Å². The van der Waals surface area contributed by atoms with Crippen LogP contribution < -0.4 is 14.2 Å². The van der Waals surface area contributed by atoms with Crippen LogP contribution in [0.3, 0.4) is 0 Å². The van der Waals surface area contributed by atoms with E-state index in [2.05, 4.69) is 16.7 Å². The molecule has 2 aromatic rings. The number of methoxy groups -OCH3 is 1. The summed E-state index contributed by atoms with van der Waals surface area (Å²) in [5.41, 5.74) is 1.76. The lowest BCUT2D eigenvalue weighted by Gasteiger charge is -2.36. The molecule has 0 radical (unpaired) electrons. The topological polar surface area (TPSA) is 88.5 Å². The summed E-state index contributed by atoms with van der Waals surface area (Å²) in [6.07, 6.45) is 7.65. The Morgan fingerprint density at radius 1 is 1.03 bits per heavy atom. The molecular formula is C31H40N2O6. The maximum absolute atomic E-state index is 13.9. The number of amides is 1. The van der Waals surface area contributed by atoms with Gasteiger partial charge < -0.3 is 24.2 Å². The van der Waals surface area contributed by atoms with Crippen LogP contribution in [-0.4, -0.2) is 66.4 Å². The second-order valence-electron chi connectivity index (χ2n) is 11.0. The number of aliphatic carboxylic acids is 1. The Kier molecular flexibility index (Phi) is 8.60. The van der Waals surface area contributed by atoms with Crippen LogP contribution in [0.25, 0.3) is 0 Å². The highest BCUT2D eigenvalue weighted by atomic mass is 16.7. The monoisotopic (exact) mass is 536 g/mol. The minimum atomic E-state index is -0.872. The van der Waals surface area contributed by atoms with E-state index in [0.29, 0.717) is 23.8 Å². The summed E-state index contributed by atoms with van der Waals surface area (Å²) < 4.78 is 16.4. The number of hydrogen-bond acceptors (Lipinski definition) is 6. The summed E-state index contributed by atoms with van der Waals surface area (Å²) in [7, 11) is 1.61. The van der Waals surface area contributed by atoms with Crippen LogP contribution in [0.15, 0.2) is 42.5 Å². The molecule has 210 valence electrons. The number of ether oxygens (including phenoxy) is 3. The molecule has 5 rings (SSSR count). The third-order valence-electron chi connectivity index (χ3n) is 8.59. The summed E-state index contributed by atoms with van der Waals surface area (Å²) in [4.78, 5) is 31.0. The number of hydrogen-bond donors (Lipinski definition) is 1. The number of carboxylic acids is 1. The van der Waals surface area contributed by atoms with Crippen molar-refractivity contribution in [1.82, 2.24) is 9.80 Å². The number of rotatable bonds is 10. The number of benzene rings is 2. The summed E-state index contributed by atoms with van der Waals surface area (Å²) in [6, 6.07) is 13.1. The molecule has 0 bridgehead atoms. The third-order valence-corrected chi connectivity index (χ3v) is 8.59. The molecule has 1 saturated heterocycles. The van der Waals surface area contributed by atoms with E-state index in [0.717, 1.165) is 56.2 Å². The molecule has 2 aliphatic heterocycles. The van der Waals surface area contributed by atoms with Gasteiger partial charge in [-0.05, 0) is 54.7 Å². The zero-order valence-corrected chi connectivity index (χ0v) is 23.0. The van der Waals surface area contributed by atoms with Gasteiger partial charge in [-0.15, -0.1) is 0 Å². The largest absolute Gasteiger partial charge is 0.497 e. The van der Waals surface area contributed by atoms with Crippen molar-refractivity contribution in [3.8, 4) is 17.2 Å². The highest BCUT2D eigenvalue weighted by Crippen LogP contribution is 2.48. The van der Waals surface area contributed by atoms with E-state index >= 15 is 0 Å². The van der Waals surface area contributed by atoms with E-state index in [4.69, 9.17) is 14.2 Å². The average molecular weight is 537 g/mol. The van der Waals surface area contributed by atoms with Crippen LogP contribution in [0, 0.1) is 5.92 Å². The fraction of sp³-hybridized carbons (Fsp3) is 0.548. The molecule has 2 aromatic carbocycles. The van der Waals surface area contributed by atoms with Crippen LogP contribution in [0.2, 0.25) is 0 Å². The van der Waals surface area contributed by atoms with Gasteiger partial charge in [0.1, 0.15) is 5.75 Å². The first-order chi connectivity index (χ1) is 19.0. The van der Waals surface area contributed by atoms with Crippen LogP contribution in [0.4, 0.5) is 0 Å². The first kappa shape index (κ1) is 27.3. The van der Waals surface area contributed by atoms with Gasteiger partial charge >= 0.3 is 5.97 Å². The van der Waals surface area contributed by atoms with Crippen molar-refractivity contribution in [2.75, 3.05) is 33.5 Å². The van der Waals surface area contributed by atoms with Crippen molar-refractivity contribution < 1.29 is 28.9 Å². The highest BCUT2D eigenvalue weighted by Gasteiger charge is 2.48. The van der Waals surface area contributed by atoms with Gasteiger partial charge in [0.25, 0.3) is 0 Å². The third kappa shape index (κ3) is 5.86. The molecule has 3 aliphatic rings. The zero-order chi connectivity index (χ0) is 27.4. The van der Waals surface area contributed by atoms with E-state index in [1.54, 1.807) is 7.11 Å². The van der Waals surface area contributed by atoms with Crippen LogP contribution in [0.5, 0.6) is 17.2 Å². The Morgan fingerprint density at radius 2 is 1.74 bits per heavy atom. The molecule has 2 heterocycles. The van der Waals surface area contributed by atoms with Gasteiger partial charge in [-0.1, -0.05) is 50.8 Å². The summed E-state index contributed by atoms with van der Waals surface area (Å²) >= 11 is 0. The number of nitrogens with zero attached hydrogens (tertiary/aromatic N) is 2. The van der Waals surface area contributed by atoms with Crippen molar-refractivity contribution in [3.05, 3.63) is 53.6 Å². The first-order valence-corrected chi connectivity index (χ1v) is 14.3. The molecule has 0 unspecified atom stereocenters. The number of carbonyl (C=O) groups excluding carboxylic acids is 1. The summed E-state index contributed by atoms with van der Waals surface area (Å²) in [6.45, 7) is 3.73. The fourth-order valence-electron chi connectivity index (χ4n) is 6.57. The first-order valence-electron chi connectivity index (χ1n) is 14.3. The SMILES string of the molecule is CCCCN(C(=O)CN1C[C@H](c2ccc3c(c2)OCO3)[C@H](C(=O)O)[C@H]1c1ccc(OC)cc1)C1CCCCC1. The molecule has 2 fully saturated rings. The molecule has 1 N–H and O–H groups in total. The maximum Gasteiger partial charge on any atom is 0.309 e. The smallest absolute Gasteiger partial charge is 0.309 e. The van der Waals surface area contributed by atoms with Crippen molar-refractivity contribution in [1.29, 1.82) is 0 Å². The second-order valence-corrected chi connectivity index (χ2v) is 11.0. The lowest BCUT2D eigenvalue weighted by atomic mass is 9.82. The van der Waals surface area contributed by atoms with E-state index in [-0.39, 0.29) is 31.2 Å². The minimum absolute atomic E-state index is 0.101. The molecule has 1 saturated carbocycles. The van der Waals surface area contributed by atoms with Gasteiger partial charge in [-0.2, -0.15) is 0 Å². The number of likely N-dealkylation sites (tertiary alicyclic amines) is 1. The zero-order valence-electron chi connectivity index (χ0n) is 23.0. The number of unbranched alkanes of at least 4 members (excludes halogenated alkanes) is 1. The Hall–Kier alpha value is -3.26. The Morgan fingerprint density at radius 3 is 2.44 bits per heavy atom. The fourth-order valence-corrected chi connectivity index (χ4v) is 6.57. The maximum atomic E-state index is 13.9. The number of carboxylic acid groups (broad SMARTS) is 1. The number of fused-ring (bicyclic) bond motifs is 1. The van der Waals surface area contributed by atoms with Gasteiger partial charge in [-0.3, -0.25) is 14.5 Å². The van der Waals surface area contributed by atoms with Gasteiger partial charge in [0, 0.05) is 31.1 Å². The van der Waals surface area contributed by atoms with Crippen LogP contribution in [0.1, 0.15) is 75.0 Å². The number of carbonyl (C=O) groups is 2. The van der Waals surface area contributed by atoms with Crippen molar-refractivity contribution >= 4 is 11.9 Å². The Bertz CT molecular complexity index is 1150. The Balaban J connectivity index is 1.47. The molecular weight excluding hydrogens is 496 g/mol. The van der Waals surface area contributed by atoms with Gasteiger partial charge in [-0.25, -0.2) is 0 Å². The van der Waals surface area contributed by atoms with E-state index in [9.17, 15) is 14.7 Å². The van der Waals surface area contributed by atoms with E-state index < -0.39 is 17.9 Å². The minimum Gasteiger partial charge on any atom is -0.497 e. The lowest BCUT2D eigenvalue weighted by molar-refractivity contribution is -0.144. The predicted molar refractivity (Wildman–Crippen MR) is 147 cm³/mol. The Labute approximate surface area is 230 Å². The van der Waals surface area contributed by atoms with Crippen molar-refractivity contribution in [2.24, 2.45) is 5.92 Å². The molecule has 0 aromatic heterocycles.